The molecule has 2 rings (SSSR count). The van der Waals surface area contributed by atoms with Crippen LogP contribution in [0.4, 0.5) is 0 Å². The maximum absolute atomic E-state index is 3.97. The normalized spacial score (nSPS) is 34.4. The first kappa shape index (κ1) is 7.85. The van der Waals surface area contributed by atoms with Gasteiger partial charge < -0.3 is 0 Å². The number of fused-ring (bicyclic) bond motifs is 1. The van der Waals surface area contributed by atoms with Gasteiger partial charge in [0.1, 0.15) is 0 Å². The Bertz CT molecular complexity index is 268. The van der Waals surface area contributed by atoms with Crippen LogP contribution in [-0.4, -0.2) is 0 Å². The fourth-order valence-electron chi connectivity index (χ4n) is 2.24. The Morgan fingerprint density at radius 1 is 1.42 bits per heavy atom. The van der Waals surface area contributed by atoms with Crippen LogP contribution in [0.2, 0.25) is 0 Å². The van der Waals surface area contributed by atoms with E-state index in [2.05, 4.69) is 31.7 Å². The molecule has 2 aliphatic rings. The first-order chi connectivity index (χ1) is 5.71. The molecule has 0 nitrogen and oxygen atoms in total. The molecule has 2 aliphatic carbocycles. The third-order valence-electron chi connectivity index (χ3n) is 3.15. The fraction of sp³-hybridized carbons (Fsp3) is 0.500. The van der Waals surface area contributed by atoms with Gasteiger partial charge in [0.25, 0.3) is 0 Å². The lowest BCUT2D eigenvalue weighted by Crippen LogP contribution is -2.22. The fourth-order valence-corrected chi connectivity index (χ4v) is 2.24. The van der Waals surface area contributed by atoms with Crippen molar-refractivity contribution in [2.45, 2.75) is 32.6 Å². The molecule has 0 N–H and O–H groups in total. The van der Waals surface area contributed by atoms with Crippen LogP contribution >= 0.6 is 0 Å². The summed E-state index contributed by atoms with van der Waals surface area (Å²) in [6, 6.07) is 0. The maximum Gasteiger partial charge on any atom is 0.00691 e. The van der Waals surface area contributed by atoms with E-state index in [1.165, 1.54) is 31.3 Å². The molecule has 12 heavy (non-hydrogen) atoms. The van der Waals surface area contributed by atoms with Crippen molar-refractivity contribution in [2.75, 3.05) is 0 Å². The average molecular weight is 160 g/mol. The third-order valence-corrected chi connectivity index (χ3v) is 3.15. The second kappa shape index (κ2) is 2.62. The molecule has 1 unspecified atom stereocenters. The van der Waals surface area contributed by atoms with Crippen molar-refractivity contribution < 1.29 is 0 Å². The molecular formula is C12H16. The second-order valence-electron chi connectivity index (χ2n) is 4.20. The van der Waals surface area contributed by atoms with Gasteiger partial charge in [0.2, 0.25) is 0 Å². The van der Waals surface area contributed by atoms with E-state index in [1.54, 1.807) is 5.57 Å². The zero-order valence-corrected chi connectivity index (χ0v) is 7.77. The predicted molar refractivity (Wildman–Crippen MR) is 52.9 cm³/mol. The molecule has 1 fully saturated rings. The van der Waals surface area contributed by atoms with E-state index in [0.717, 1.165) is 0 Å². The summed E-state index contributed by atoms with van der Waals surface area (Å²) in [4.78, 5) is 0. The molecule has 0 aliphatic heterocycles. The van der Waals surface area contributed by atoms with Crippen LogP contribution in [0.5, 0.6) is 0 Å². The van der Waals surface area contributed by atoms with Crippen LogP contribution in [0.1, 0.15) is 32.6 Å². The van der Waals surface area contributed by atoms with Gasteiger partial charge in [0, 0.05) is 5.41 Å². The van der Waals surface area contributed by atoms with Gasteiger partial charge >= 0.3 is 0 Å². The van der Waals surface area contributed by atoms with Crippen molar-refractivity contribution in [1.29, 1.82) is 0 Å². The maximum atomic E-state index is 3.97. The molecule has 0 radical (unpaired) electrons. The van der Waals surface area contributed by atoms with Crippen molar-refractivity contribution >= 4 is 0 Å². The van der Waals surface area contributed by atoms with E-state index in [-0.39, 0.29) is 0 Å². The standard InChI is InChI=1S/C12H16/c1-10-6-8-12(2)7-4-3-5-11(12)9-10/h6,8-9H,1,3-5,7H2,2H3. The zero-order valence-electron chi connectivity index (χ0n) is 7.77. The Morgan fingerprint density at radius 2 is 2.25 bits per heavy atom. The summed E-state index contributed by atoms with van der Waals surface area (Å²) in [5, 5.41) is 0. The molecular weight excluding hydrogens is 144 g/mol. The molecule has 0 aromatic heterocycles. The van der Waals surface area contributed by atoms with Crippen LogP contribution in [0.15, 0.2) is 36.0 Å². The van der Waals surface area contributed by atoms with Crippen LogP contribution in [0.3, 0.4) is 0 Å². The van der Waals surface area contributed by atoms with Crippen LogP contribution in [-0.2, 0) is 0 Å². The largest absolute Gasteiger partial charge is 0.0918 e. The summed E-state index contributed by atoms with van der Waals surface area (Å²) >= 11 is 0. The van der Waals surface area contributed by atoms with Crippen molar-refractivity contribution in [3.63, 3.8) is 0 Å². The first-order valence-corrected chi connectivity index (χ1v) is 4.80. The second-order valence-corrected chi connectivity index (χ2v) is 4.20. The monoisotopic (exact) mass is 160 g/mol. The van der Waals surface area contributed by atoms with Gasteiger partial charge in [0.15, 0.2) is 0 Å². The highest BCUT2D eigenvalue weighted by Crippen LogP contribution is 2.44. The molecule has 0 spiro atoms. The van der Waals surface area contributed by atoms with Crippen LogP contribution in [0, 0.1) is 5.41 Å². The summed E-state index contributed by atoms with van der Waals surface area (Å²) < 4.78 is 0. The molecule has 64 valence electrons. The van der Waals surface area contributed by atoms with Gasteiger partial charge in [0.05, 0.1) is 0 Å². The summed E-state index contributed by atoms with van der Waals surface area (Å²) in [5.41, 5.74) is 3.14. The van der Waals surface area contributed by atoms with E-state index in [1.807, 2.05) is 0 Å². The number of allylic oxidation sites excluding steroid dienone is 5. The Morgan fingerprint density at radius 3 is 3.08 bits per heavy atom. The van der Waals surface area contributed by atoms with Crippen molar-refractivity contribution in [3.05, 3.63) is 36.0 Å². The number of hydrogen-bond acceptors (Lipinski definition) is 0. The predicted octanol–water partition coefficient (Wildman–Crippen LogP) is 3.62. The molecule has 1 saturated carbocycles. The Labute approximate surface area is 74.7 Å². The zero-order chi connectivity index (χ0) is 8.60. The molecule has 0 saturated heterocycles. The number of hydrogen-bond donors (Lipinski definition) is 0. The summed E-state index contributed by atoms with van der Waals surface area (Å²) in [5.74, 6) is 0. The first-order valence-electron chi connectivity index (χ1n) is 4.80. The smallest absolute Gasteiger partial charge is 0.00691 e. The SMILES string of the molecule is C=C1C=CC2(C)CCCCC2=C1. The van der Waals surface area contributed by atoms with Gasteiger partial charge in [-0.1, -0.05) is 43.7 Å². The topological polar surface area (TPSA) is 0 Å². The van der Waals surface area contributed by atoms with Gasteiger partial charge in [-0.25, -0.2) is 0 Å². The van der Waals surface area contributed by atoms with Crippen molar-refractivity contribution in [2.24, 2.45) is 5.41 Å². The molecule has 0 amide bonds. The average Bonchev–Trinajstić information content (AvgIpc) is 2.06. The van der Waals surface area contributed by atoms with E-state index < -0.39 is 0 Å². The quantitative estimate of drug-likeness (QED) is 0.507. The van der Waals surface area contributed by atoms with Gasteiger partial charge in [-0.2, -0.15) is 0 Å². The summed E-state index contributed by atoms with van der Waals surface area (Å²) in [6.45, 7) is 6.32. The Kier molecular flexibility index (Phi) is 1.71. The minimum absolute atomic E-state index is 0.374. The van der Waals surface area contributed by atoms with Crippen LogP contribution in [0.25, 0.3) is 0 Å². The van der Waals surface area contributed by atoms with E-state index in [0.29, 0.717) is 5.41 Å². The molecule has 1 atom stereocenters. The van der Waals surface area contributed by atoms with E-state index in [9.17, 15) is 0 Å². The van der Waals surface area contributed by atoms with E-state index in [4.69, 9.17) is 0 Å². The molecule has 0 aromatic rings. The summed E-state index contributed by atoms with van der Waals surface area (Å²) in [6.07, 6.45) is 12.1. The van der Waals surface area contributed by atoms with Gasteiger partial charge in [-0.15, -0.1) is 0 Å². The lowest BCUT2D eigenvalue weighted by atomic mass is 9.69. The highest BCUT2D eigenvalue weighted by atomic mass is 14.3. The molecule has 0 bridgehead atoms. The number of rotatable bonds is 0. The lowest BCUT2D eigenvalue weighted by molar-refractivity contribution is 0.378. The molecule has 0 aromatic carbocycles. The summed E-state index contributed by atoms with van der Waals surface area (Å²) in [7, 11) is 0. The van der Waals surface area contributed by atoms with E-state index >= 15 is 0 Å². The minimum atomic E-state index is 0.374. The molecule has 0 heteroatoms. The highest BCUT2D eigenvalue weighted by Gasteiger charge is 2.30. The van der Waals surface area contributed by atoms with Crippen molar-refractivity contribution in [1.82, 2.24) is 0 Å². The lowest BCUT2D eigenvalue weighted by Gasteiger charge is -2.36. The van der Waals surface area contributed by atoms with Gasteiger partial charge in [-0.05, 0) is 24.8 Å². The van der Waals surface area contributed by atoms with Crippen LogP contribution < -0.4 is 0 Å². The highest BCUT2D eigenvalue weighted by molar-refractivity contribution is 5.41. The Hall–Kier alpha value is -0.780. The Balaban J connectivity index is 2.34. The molecule has 0 heterocycles. The van der Waals surface area contributed by atoms with Crippen molar-refractivity contribution in [3.8, 4) is 0 Å². The minimum Gasteiger partial charge on any atom is -0.0918 e. The third kappa shape index (κ3) is 1.16. The van der Waals surface area contributed by atoms with Gasteiger partial charge in [-0.3, -0.25) is 0 Å².